The molecule has 1 fully saturated rings. The third kappa shape index (κ3) is 4.35. The molecule has 0 saturated carbocycles. The van der Waals surface area contributed by atoms with E-state index < -0.39 is 0 Å². The first kappa shape index (κ1) is 16.5. The summed E-state index contributed by atoms with van der Waals surface area (Å²) in [4.78, 5) is 14.3. The Labute approximate surface area is 142 Å². The van der Waals surface area contributed by atoms with E-state index in [-0.39, 0.29) is 12.1 Å². The zero-order chi connectivity index (χ0) is 16.8. The third-order valence-corrected chi connectivity index (χ3v) is 4.20. The maximum Gasteiger partial charge on any atom is 0.321 e. The smallest absolute Gasteiger partial charge is 0.321 e. The van der Waals surface area contributed by atoms with Crippen molar-refractivity contribution in [2.75, 3.05) is 25.0 Å². The number of rotatable bonds is 6. The van der Waals surface area contributed by atoms with Gasteiger partial charge in [0.05, 0.1) is 12.6 Å². The van der Waals surface area contributed by atoms with Gasteiger partial charge in [-0.3, -0.25) is 4.68 Å². The number of hydrogen-bond acceptors (Lipinski definition) is 3. The van der Waals surface area contributed by atoms with E-state index in [0.29, 0.717) is 19.6 Å². The van der Waals surface area contributed by atoms with E-state index in [0.717, 1.165) is 30.7 Å². The quantitative estimate of drug-likeness (QED) is 0.887. The fraction of sp³-hybridized carbons (Fsp3) is 0.444. The molecule has 2 amide bonds. The summed E-state index contributed by atoms with van der Waals surface area (Å²) in [7, 11) is 0. The van der Waals surface area contributed by atoms with Crippen molar-refractivity contribution in [3.63, 3.8) is 0 Å². The normalized spacial score (nSPS) is 17.0. The van der Waals surface area contributed by atoms with Gasteiger partial charge in [-0.1, -0.05) is 12.1 Å². The SMILES string of the molecule is CCN(C[C@H]1CCCO1)C(=O)Nc1cccc(Cn2cccn2)c1. The summed E-state index contributed by atoms with van der Waals surface area (Å²) in [5.74, 6) is 0. The van der Waals surface area contributed by atoms with Crippen molar-refractivity contribution < 1.29 is 9.53 Å². The van der Waals surface area contributed by atoms with Gasteiger partial charge >= 0.3 is 6.03 Å². The van der Waals surface area contributed by atoms with Crippen molar-refractivity contribution in [1.29, 1.82) is 0 Å². The van der Waals surface area contributed by atoms with Gasteiger partial charge in [0.25, 0.3) is 0 Å². The van der Waals surface area contributed by atoms with E-state index >= 15 is 0 Å². The molecule has 6 heteroatoms. The van der Waals surface area contributed by atoms with Gasteiger partial charge in [-0.05, 0) is 43.5 Å². The molecular formula is C18H24N4O2. The number of hydrogen-bond donors (Lipinski definition) is 1. The molecule has 2 heterocycles. The van der Waals surface area contributed by atoms with Crippen molar-refractivity contribution >= 4 is 11.7 Å². The van der Waals surface area contributed by atoms with Crippen molar-refractivity contribution in [1.82, 2.24) is 14.7 Å². The molecule has 1 saturated heterocycles. The highest BCUT2D eigenvalue weighted by atomic mass is 16.5. The lowest BCUT2D eigenvalue weighted by Crippen LogP contribution is -2.39. The molecule has 6 nitrogen and oxygen atoms in total. The first-order chi connectivity index (χ1) is 11.7. The number of likely N-dealkylation sites (N-methyl/N-ethyl adjacent to an activating group) is 1. The highest BCUT2D eigenvalue weighted by Crippen LogP contribution is 2.16. The highest BCUT2D eigenvalue weighted by molar-refractivity contribution is 5.89. The molecule has 128 valence electrons. The number of benzene rings is 1. The number of amides is 2. The number of anilines is 1. The summed E-state index contributed by atoms with van der Waals surface area (Å²) >= 11 is 0. The fourth-order valence-corrected chi connectivity index (χ4v) is 2.92. The summed E-state index contributed by atoms with van der Waals surface area (Å²) in [6.07, 6.45) is 5.96. The monoisotopic (exact) mass is 328 g/mol. The van der Waals surface area contributed by atoms with Gasteiger partial charge in [0.15, 0.2) is 0 Å². The van der Waals surface area contributed by atoms with E-state index in [2.05, 4.69) is 10.4 Å². The zero-order valence-corrected chi connectivity index (χ0v) is 14.0. The van der Waals surface area contributed by atoms with Gasteiger partial charge < -0.3 is 15.0 Å². The van der Waals surface area contributed by atoms with Crippen LogP contribution in [0.5, 0.6) is 0 Å². The lowest BCUT2D eigenvalue weighted by atomic mass is 10.2. The van der Waals surface area contributed by atoms with Crippen LogP contribution < -0.4 is 5.32 Å². The molecular weight excluding hydrogens is 304 g/mol. The molecule has 0 aliphatic carbocycles. The molecule has 2 aromatic rings. The predicted octanol–water partition coefficient (Wildman–Crippen LogP) is 2.96. The molecule has 0 radical (unpaired) electrons. The molecule has 0 spiro atoms. The van der Waals surface area contributed by atoms with Crippen molar-refractivity contribution in [3.05, 3.63) is 48.3 Å². The molecule has 0 bridgehead atoms. The maximum atomic E-state index is 12.5. The minimum Gasteiger partial charge on any atom is -0.376 e. The van der Waals surface area contributed by atoms with Crippen LogP contribution in [-0.2, 0) is 11.3 Å². The van der Waals surface area contributed by atoms with Gasteiger partial charge in [-0.25, -0.2) is 4.79 Å². The Kier molecular flexibility index (Phi) is 5.48. The van der Waals surface area contributed by atoms with E-state index in [9.17, 15) is 4.79 Å². The number of carbonyl (C=O) groups excluding carboxylic acids is 1. The van der Waals surface area contributed by atoms with Crippen LogP contribution in [0.2, 0.25) is 0 Å². The van der Waals surface area contributed by atoms with Crippen LogP contribution in [0, 0.1) is 0 Å². The predicted molar refractivity (Wildman–Crippen MR) is 93.0 cm³/mol. The number of aromatic nitrogens is 2. The average Bonchev–Trinajstić information content (AvgIpc) is 3.26. The lowest BCUT2D eigenvalue weighted by molar-refractivity contribution is 0.0849. The molecule has 1 atom stereocenters. The second-order valence-corrected chi connectivity index (χ2v) is 6.01. The Morgan fingerprint density at radius 1 is 1.46 bits per heavy atom. The van der Waals surface area contributed by atoms with Gasteiger partial charge in [-0.2, -0.15) is 5.10 Å². The van der Waals surface area contributed by atoms with E-state index in [1.165, 1.54) is 0 Å². The van der Waals surface area contributed by atoms with Crippen molar-refractivity contribution in [2.24, 2.45) is 0 Å². The van der Waals surface area contributed by atoms with Crippen LogP contribution in [0.4, 0.5) is 10.5 Å². The molecule has 1 aliphatic heterocycles. The molecule has 1 N–H and O–H groups in total. The first-order valence-electron chi connectivity index (χ1n) is 8.48. The molecule has 1 aliphatic rings. The molecule has 1 aromatic carbocycles. The number of ether oxygens (including phenoxy) is 1. The Morgan fingerprint density at radius 2 is 2.38 bits per heavy atom. The second-order valence-electron chi connectivity index (χ2n) is 6.01. The summed E-state index contributed by atoms with van der Waals surface area (Å²) in [6, 6.07) is 9.69. The summed E-state index contributed by atoms with van der Waals surface area (Å²) in [5, 5.41) is 7.20. The van der Waals surface area contributed by atoms with Gasteiger partial charge in [0.2, 0.25) is 0 Å². The highest BCUT2D eigenvalue weighted by Gasteiger charge is 2.21. The van der Waals surface area contributed by atoms with Crippen LogP contribution in [0.1, 0.15) is 25.3 Å². The first-order valence-corrected chi connectivity index (χ1v) is 8.48. The number of nitrogens with zero attached hydrogens (tertiary/aromatic N) is 3. The topological polar surface area (TPSA) is 59.4 Å². The Hall–Kier alpha value is -2.34. The van der Waals surface area contributed by atoms with Crippen LogP contribution in [0.25, 0.3) is 0 Å². The van der Waals surface area contributed by atoms with Crippen LogP contribution >= 0.6 is 0 Å². The lowest BCUT2D eigenvalue weighted by Gasteiger charge is -2.24. The minimum atomic E-state index is -0.0794. The van der Waals surface area contributed by atoms with Gasteiger partial charge in [-0.15, -0.1) is 0 Å². The molecule has 24 heavy (non-hydrogen) atoms. The van der Waals surface area contributed by atoms with E-state index in [4.69, 9.17) is 4.74 Å². The van der Waals surface area contributed by atoms with Crippen molar-refractivity contribution in [3.8, 4) is 0 Å². The largest absolute Gasteiger partial charge is 0.376 e. The fourth-order valence-electron chi connectivity index (χ4n) is 2.92. The number of urea groups is 1. The van der Waals surface area contributed by atoms with Crippen LogP contribution in [0.3, 0.4) is 0 Å². The number of carbonyl (C=O) groups is 1. The zero-order valence-electron chi connectivity index (χ0n) is 14.0. The summed E-state index contributed by atoms with van der Waals surface area (Å²) < 4.78 is 7.49. The van der Waals surface area contributed by atoms with Crippen molar-refractivity contribution in [2.45, 2.75) is 32.4 Å². The van der Waals surface area contributed by atoms with Crippen LogP contribution in [0.15, 0.2) is 42.7 Å². The van der Waals surface area contributed by atoms with E-state index in [1.54, 1.807) is 11.1 Å². The minimum absolute atomic E-state index is 0.0794. The maximum absolute atomic E-state index is 12.5. The Balaban J connectivity index is 1.60. The van der Waals surface area contributed by atoms with Gasteiger partial charge in [0.1, 0.15) is 0 Å². The third-order valence-electron chi connectivity index (χ3n) is 4.20. The summed E-state index contributed by atoms with van der Waals surface area (Å²) in [6.45, 7) is 4.79. The van der Waals surface area contributed by atoms with Crippen LogP contribution in [-0.4, -0.2) is 46.5 Å². The van der Waals surface area contributed by atoms with E-state index in [1.807, 2.05) is 48.1 Å². The molecule has 1 aromatic heterocycles. The summed E-state index contributed by atoms with van der Waals surface area (Å²) in [5.41, 5.74) is 1.90. The Morgan fingerprint density at radius 3 is 3.08 bits per heavy atom. The number of nitrogens with one attached hydrogen (secondary N) is 1. The Bertz CT molecular complexity index is 651. The molecule has 3 rings (SSSR count). The van der Waals surface area contributed by atoms with Gasteiger partial charge in [0, 0.05) is 37.8 Å². The average molecular weight is 328 g/mol. The molecule has 0 unspecified atom stereocenters. The second kappa shape index (κ2) is 7.97. The standard InChI is InChI=1S/C18H24N4O2/c1-2-21(14-17-8-4-11-24-17)18(23)20-16-7-3-6-15(12-16)13-22-10-5-9-19-22/h3,5-7,9-10,12,17H,2,4,8,11,13-14H2,1H3,(H,20,23)/t17-/m1/s1.